The van der Waals surface area contributed by atoms with E-state index < -0.39 is 0 Å². The summed E-state index contributed by atoms with van der Waals surface area (Å²) in [7, 11) is 1.73. The molecular formula is C14H23N3O2. The molecule has 0 aliphatic carbocycles. The van der Waals surface area contributed by atoms with Gasteiger partial charge >= 0.3 is 0 Å². The number of piperidine rings is 1. The van der Waals surface area contributed by atoms with Crippen molar-refractivity contribution in [1.29, 1.82) is 0 Å². The van der Waals surface area contributed by atoms with Crippen molar-refractivity contribution in [2.45, 2.75) is 32.6 Å². The van der Waals surface area contributed by atoms with Gasteiger partial charge in [0, 0.05) is 32.5 Å². The third-order valence-corrected chi connectivity index (χ3v) is 3.69. The molecular weight excluding hydrogens is 242 g/mol. The van der Waals surface area contributed by atoms with Crippen LogP contribution >= 0.6 is 0 Å². The second-order valence-corrected chi connectivity index (χ2v) is 5.33. The highest BCUT2D eigenvalue weighted by molar-refractivity contribution is 5.92. The van der Waals surface area contributed by atoms with Gasteiger partial charge in [-0.05, 0) is 44.6 Å². The fourth-order valence-corrected chi connectivity index (χ4v) is 2.69. The quantitative estimate of drug-likeness (QED) is 0.828. The molecule has 106 valence electrons. The van der Waals surface area contributed by atoms with Crippen LogP contribution in [0.25, 0.3) is 0 Å². The van der Waals surface area contributed by atoms with E-state index in [1.807, 2.05) is 17.9 Å². The summed E-state index contributed by atoms with van der Waals surface area (Å²) < 4.78 is 5.08. The molecule has 2 rings (SSSR count). The summed E-state index contributed by atoms with van der Waals surface area (Å²) in [6.45, 7) is 4.43. The van der Waals surface area contributed by atoms with Crippen molar-refractivity contribution in [3.8, 4) is 0 Å². The number of amides is 1. The lowest BCUT2D eigenvalue weighted by atomic mass is 9.93. The highest BCUT2D eigenvalue weighted by Gasteiger charge is 2.25. The average Bonchev–Trinajstić information content (AvgIpc) is 2.85. The number of likely N-dealkylation sites (tertiary alicyclic amines) is 1. The fourth-order valence-electron chi connectivity index (χ4n) is 2.69. The molecule has 5 heteroatoms. The van der Waals surface area contributed by atoms with E-state index >= 15 is 0 Å². The zero-order chi connectivity index (χ0) is 13.7. The number of aromatic amines is 1. The molecule has 1 atom stereocenters. The van der Waals surface area contributed by atoms with Gasteiger partial charge in [-0.3, -0.25) is 9.89 Å². The van der Waals surface area contributed by atoms with E-state index in [0.717, 1.165) is 44.7 Å². The van der Waals surface area contributed by atoms with Gasteiger partial charge in [-0.2, -0.15) is 5.10 Å². The predicted octanol–water partition coefficient (Wildman–Crippen LogP) is 2.00. The standard InChI is InChI=1S/C14H23N3O2/c1-11-9-13(16-15-11)14(18)17-7-3-5-12(10-17)6-4-8-19-2/h9,12H,3-8,10H2,1-2H3,(H,15,16). The minimum atomic E-state index is 0.0563. The van der Waals surface area contributed by atoms with Gasteiger partial charge in [0.25, 0.3) is 5.91 Å². The molecule has 1 unspecified atom stereocenters. The number of nitrogens with one attached hydrogen (secondary N) is 1. The summed E-state index contributed by atoms with van der Waals surface area (Å²) in [5, 5.41) is 6.88. The third-order valence-electron chi connectivity index (χ3n) is 3.69. The lowest BCUT2D eigenvalue weighted by Crippen LogP contribution is -2.40. The van der Waals surface area contributed by atoms with Gasteiger partial charge in [-0.25, -0.2) is 0 Å². The van der Waals surface area contributed by atoms with Crippen LogP contribution in [0.1, 0.15) is 41.9 Å². The van der Waals surface area contributed by atoms with Crippen LogP contribution in [-0.4, -0.2) is 47.8 Å². The van der Waals surface area contributed by atoms with E-state index in [-0.39, 0.29) is 5.91 Å². The summed E-state index contributed by atoms with van der Waals surface area (Å²) in [4.78, 5) is 14.2. The van der Waals surface area contributed by atoms with Crippen LogP contribution in [-0.2, 0) is 4.74 Å². The predicted molar refractivity (Wildman–Crippen MR) is 73.1 cm³/mol. The van der Waals surface area contributed by atoms with Crippen LogP contribution in [0.5, 0.6) is 0 Å². The summed E-state index contributed by atoms with van der Waals surface area (Å²) in [6.07, 6.45) is 4.52. The normalized spacial score (nSPS) is 19.7. The highest BCUT2D eigenvalue weighted by Crippen LogP contribution is 2.22. The Kier molecular flexibility index (Phi) is 4.96. The SMILES string of the molecule is COCCCC1CCCN(C(=O)c2cc(C)[nH]n2)C1. The molecule has 0 spiro atoms. The molecule has 1 aliphatic heterocycles. The van der Waals surface area contributed by atoms with Crippen molar-refractivity contribution < 1.29 is 9.53 Å². The van der Waals surface area contributed by atoms with E-state index in [4.69, 9.17) is 4.74 Å². The van der Waals surface area contributed by atoms with Gasteiger partial charge in [0.2, 0.25) is 0 Å². The Morgan fingerprint density at radius 2 is 2.47 bits per heavy atom. The Hall–Kier alpha value is -1.36. The first-order valence-electron chi connectivity index (χ1n) is 7.01. The minimum Gasteiger partial charge on any atom is -0.385 e. The summed E-state index contributed by atoms with van der Waals surface area (Å²) in [5.74, 6) is 0.661. The number of H-pyrrole nitrogens is 1. The molecule has 19 heavy (non-hydrogen) atoms. The monoisotopic (exact) mass is 265 g/mol. The number of carbonyl (C=O) groups excluding carboxylic acids is 1. The van der Waals surface area contributed by atoms with Gasteiger partial charge in [-0.1, -0.05) is 0 Å². The molecule has 0 aromatic carbocycles. The molecule has 5 nitrogen and oxygen atoms in total. The zero-order valence-electron chi connectivity index (χ0n) is 11.8. The van der Waals surface area contributed by atoms with Crippen LogP contribution < -0.4 is 0 Å². The zero-order valence-corrected chi connectivity index (χ0v) is 11.8. The van der Waals surface area contributed by atoms with Crippen molar-refractivity contribution in [3.63, 3.8) is 0 Å². The average molecular weight is 265 g/mol. The Bertz CT molecular complexity index is 417. The van der Waals surface area contributed by atoms with Gasteiger partial charge < -0.3 is 9.64 Å². The summed E-state index contributed by atoms with van der Waals surface area (Å²) in [6, 6.07) is 1.82. The van der Waals surface area contributed by atoms with Crippen LogP contribution in [0.15, 0.2) is 6.07 Å². The number of rotatable bonds is 5. The Balaban J connectivity index is 1.88. The third kappa shape index (κ3) is 3.80. The first-order valence-corrected chi connectivity index (χ1v) is 7.01. The topological polar surface area (TPSA) is 58.2 Å². The van der Waals surface area contributed by atoms with Crippen LogP contribution in [0.2, 0.25) is 0 Å². The molecule has 0 radical (unpaired) electrons. The van der Waals surface area contributed by atoms with Gasteiger partial charge in [0.1, 0.15) is 5.69 Å². The smallest absolute Gasteiger partial charge is 0.274 e. The molecule has 0 bridgehead atoms. The molecule has 1 aromatic rings. The van der Waals surface area contributed by atoms with Crippen LogP contribution in [0.4, 0.5) is 0 Å². The first-order chi connectivity index (χ1) is 9.20. The van der Waals surface area contributed by atoms with Gasteiger partial charge in [-0.15, -0.1) is 0 Å². The largest absolute Gasteiger partial charge is 0.385 e. The first kappa shape index (κ1) is 14.1. The van der Waals surface area contributed by atoms with E-state index in [2.05, 4.69) is 10.2 Å². The number of methoxy groups -OCH3 is 1. The van der Waals surface area contributed by atoms with Crippen molar-refractivity contribution in [3.05, 3.63) is 17.5 Å². The Morgan fingerprint density at radius 3 is 3.16 bits per heavy atom. The van der Waals surface area contributed by atoms with Gasteiger partial charge in [0.05, 0.1) is 0 Å². The molecule has 1 saturated heterocycles. The molecule has 2 heterocycles. The van der Waals surface area contributed by atoms with Crippen molar-refractivity contribution in [1.82, 2.24) is 15.1 Å². The van der Waals surface area contributed by atoms with E-state index in [9.17, 15) is 4.79 Å². The van der Waals surface area contributed by atoms with Crippen LogP contribution in [0.3, 0.4) is 0 Å². The number of carbonyl (C=O) groups is 1. The lowest BCUT2D eigenvalue weighted by molar-refractivity contribution is 0.0654. The van der Waals surface area contributed by atoms with Crippen molar-refractivity contribution in [2.24, 2.45) is 5.92 Å². The molecule has 1 aliphatic rings. The summed E-state index contributed by atoms with van der Waals surface area (Å²) >= 11 is 0. The number of nitrogens with zero attached hydrogens (tertiary/aromatic N) is 2. The van der Waals surface area contributed by atoms with Crippen molar-refractivity contribution >= 4 is 5.91 Å². The van der Waals surface area contributed by atoms with E-state index in [1.54, 1.807) is 7.11 Å². The Morgan fingerprint density at radius 1 is 1.63 bits per heavy atom. The van der Waals surface area contributed by atoms with Crippen LogP contribution in [0, 0.1) is 12.8 Å². The number of aromatic nitrogens is 2. The number of hydrogen-bond acceptors (Lipinski definition) is 3. The molecule has 1 amide bonds. The highest BCUT2D eigenvalue weighted by atomic mass is 16.5. The van der Waals surface area contributed by atoms with E-state index in [1.165, 1.54) is 6.42 Å². The van der Waals surface area contributed by atoms with Gasteiger partial charge in [0.15, 0.2) is 0 Å². The number of aryl methyl sites for hydroxylation is 1. The lowest BCUT2D eigenvalue weighted by Gasteiger charge is -2.32. The van der Waals surface area contributed by atoms with E-state index in [0.29, 0.717) is 11.6 Å². The summed E-state index contributed by atoms with van der Waals surface area (Å²) in [5.41, 5.74) is 1.46. The second-order valence-electron chi connectivity index (χ2n) is 5.33. The number of hydrogen-bond donors (Lipinski definition) is 1. The molecule has 0 saturated carbocycles. The molecule has 1 fully saturated rings. The maximum atomic E-state index is 12.3. The maximum Gasteiger partial charge on any atom is 0.274 e. The molecule has 1 aromatic heterocycles. The maximum absolute atomic E-state index is 12.3. The minimum absolute atomic E-state index is 0.0563. The number of ether oxygens (including phenoxy) is 1. The fraction of sp³-hybridized carbons (Fsp3) is 0.714. The van der Waals surface area contributed by atoms with Crippen molar-refractivity contribution in [2.75, 3.05) is 26.8 Å². The molecule has 1 N–H and O–H groups in total. The Labute approximate surface area is 114 Å². The second kappa shape index (κ2) is 6.70.